The zero-order valence-electron chi connectivity index (χ0n) is 20.1. The first kappa shape index (κ1) is 23.4. The molecule has 0 aromatic rings. The van der Waals surface area contributed by atoms with Gasteiger partial charge in [0.25, 0.3) is 0 Å². The summed E-state index contributed by atoms with van der Waals surface area (Å²) >= 11 is 0. The van der Waals surface area contributed by atoms with Crippen molar-refractivity contribution in [1.82, 2.24) is 0 Å². The molecule has 4 saturated carbocycles. The Balaban J connectivity index is 1.57. The molecule has 0 radical (unpaired) electrons. The minimum Gasteiger partial charge on any atom is -0.450 e. The Kier molecular flexibility index (Phi) is 6.42. The molecule has 0 heterocycles. The predicted octanol–water partition coefficient (Wildman–Crippen LogP) is 4.73. The van der Waals surface area contributed by atoms with Gasteiger partial charge in [0.2, 0.25) is 0 Å². The van der Waals surface area contributed by atoms with Crippen molar-refractivity contribution in [3.05, 3.63) is 0 Å². The lowest BCUT2D eigenvalue weighted by atomic mass is 9.41. The van der Waals surface area contributed by atoms with E-state index in [1.807, 2.05) is 0 Å². The molecular weight excluding hydrogens is 390 g/mol. The average Bonchev–Trinajstić information content (AvgIpc) is 3.06. The molecule has 4 N–H and O–H groups in total. The van der Waals surface area contributed by atoms with Crippen LogP contribution in [0.3, 0.4) is 0 Å². The van der Waals surface area contributed by atoms with E-state index in [4.69, 9.17) is 10.5 Å². The normalized spacial score (nSPS) is 50.1. The lowest BCUT2D eigenvalue weighted by molar-refractivity contribution is -0.203. The monoisotopic (exact) mass is 435 g/mol. The number of aliphatic hydroxyl groups is 2. The zero-order chi connectivity index (χ0) is 22.6. The van der Waals surface area contributed by atoms with Crippen LogP contribution >= 0.6 is 0 Å². The summed E-state index contributed by atoms with van der Waals surface area (Å²) in [5.41, 5.74) is 5.66. The first-order valence-electron chi connectivity index (χ1n) is 12.9. The molecule has 31 heavy (non-hydrogen) atoms. The van der Waals surface area contributed by atoms with Crippen molar-refractivity contribution >= 4 is 6.09 Å². The van der Waals surface area contributed by atoms with Crippen molar-refractivity contribution in [3.8, 4) is 0 Å². The van der Waals surface area contributed by atoms with Gasteiger partial charge in [-0.3, -0.25) is 0 Å². The van der Waals surface area contributed by atoms with Crippen LogP contribution in [0.1, 0.15) is 85.5 Å². The quantitative estimate of drug-likeness (QED) is 0.582. The fourth-order valence-corrected chi connectivity index (χ4v) is 9.48. The fourth-order valence-electron chi connectivity index (χ4n) is 9.48. The summed E-state index contributed by atoms with van der Waals surface area (Å²) in [6, 6.07) is 0. The molecule has 0 bridgehead atoms. The van der Waals surface area contributed by atoms with Crippen LogP contribution in [0.4, 0.5) is 4.79 Å². The first-order chi connectivity index (χ1) is 14.6. The van der Waals surface area contributed by atoms with Crippen molar-refractivity contribution in [1.29, 1.82) is 0 Å². The van der Waals surface area contributed by atoms with Crippen LogP contribution in [0.2, 0.25) is 0 Å². The Hall–Kier alpha value is -0.810. The third kappa shape index (κ3) is 3.72. The standard InChI is InChI=1S/C26H45NO4/c1-5-17-21-14-16(28)8-11-26(21,4)20-9-12-25(3)18(15(2)10-13-31-24(27)30)6-7-19(25)22(20)23(17)29/h15-23,28-29H,5-14H2,1-4H3,(H2,27,30)/t15-,16-,17-,18-,19+,20+,21?,22?,23-,25?,26+/m1/s1. The average molecular weight is 436 g/mol. The second-order valence-electron chi connectivity index (χ2n) is 12.1. The lowest BCUT2D eigenvalue weighted by Crippen LogP contribution is -2.62. The van der Waals surface area contributed by atoms with Gasteiger partial charge in [-0.2, -0.15) is 0 Å². The molecule has 0 aromatic heterocycles. The Morgan fingerprint density at radius 1 is 1.06 bits per heavy atom. The van der Waals surface area contributed by atoms with Gasteiger partial charge in [-0.1, -0.05) is 34.1 Å². The number of primary amides is 1. The Morgan fingerprint density at radius 2 is 1.74 bits per heavy atom. The highest BCUT2D eigenvalue weighted by Gasteiger charge is 2.64. The van der Waals surface area contributed by atoms with Gasteiger partial charge in [0.15, 0.2) is 0 Å². The minimum absolute atomic E-state index is 0.191. The smallest absolute Gasteiger partial charge is 0.404 e. The summed E-state index contributed by atoms with van der Waals surface area (Å²) in [5.74, 6) is 3.40. The molecule has 0 spiro atoms. The van der Waals surface area contributed by atoms with E-state index in [-0.39, 0.29) is 23.0 Å². The largest absolute Gasteiger partial charge is 0.450 e. The van der Waals surface area contributed by atoms with E-state index in [1.165, 1.54) is 25.7 Å². The first-order valence-corrected chi connectivity index (χ1v) is 12.9. The number of rotatable bonds is 5. The summed E-state index contributed by atoms with van der Waals surface area (Å²) in [6.07, 6.45) is 8.52. The molecule has 0 aliphatic heterocycles. The minimum atomic E-state index is -0.681. The lowest BCUT2D eigenvalue weighted by Gasteiger charge is -2.64. The number of carbonyl (C=O) groups excluding carboxylic acids is 1. The maximum Gasteiger partial charge on any atom is 0.404 e. The third-order valence-corrected chi connectivity index (χ3v) is 11.0. The van der Waals surface area contributed by atoms with Gasteiger partial charge in [0, 0.05) is 0 Å². The molecule has 4 rings (SSSR count). The van der Waals surface area contributed by atoms with Crippen molar-refractivity contribution < 1.29 is 19.7 Å². The van der Waals surface area contributed by atoms with E-state index in [2.05, 4.69) is 27.7 Å². The van der Waals surface area contributed by atoms with Gasteiger partial charge in [0.05, 0.1) is 18.8 Å². The molecule has 4 aliphatic rings. The van der Waals surface area contributed by atoms with Crippen LogP contribution in [-0.4, -0.2) is 35.1 Å². The number of aliphatic hydroxyl groups excluding tert-OH is 2. The summed E-state index contributed by atoms with van der Waals surface area (Å²) in [4.78, 5) is 11.0. The maximum atomic E-state index is 11.7. The Bertz CT molecular complexity index is 670. The van der Waals surface area contributed by atoms with Crippen LogP contribution in [0.5, 0.6) is 0 Å². The molecule has 3 unspecified atom stereocenters. The molecule has 0 saturated heterocycles. The number of ether oxygens (including phenoxy) is 1. The number of hydrogen-bond donors (Lipinski definition) is 3. The maximum absolute atomic E-state index is 11.7. The summed E-state index contributed by atoms with van der Waals surface area (Å²) < 4.78 is 5.03. The molecule has 5 heteroatoms. The van der Waals surface area contributed by atoms with Crippen LogP contribution in [0, 0.1) is 52.3 Å². The van der Waals surface area contributed by atoms with Crippen LogP contribution < -0.4 is 5.73 Å². The van der Waals surface area contributed by atoms with E-state index >= 15 is 0 Å². The molecule has 1 amide bonds. The second kappa shape index (κ2) is 8.52. The van der Waals surface area contributed by atoms with Gasteiger partial charge in [-0.25, -0.2) is 4.79 Å². The van der Waals surface area contributed by atoms with Gasteiger partial charge < -0.3 is 20.7 Å². The van der Waals surface area contributed by atoms with Crippen LogP contribution in [0.15, 0.2) is 0 Å². The third-order valence-electron chi connectivity index (χ3n) is 11.0. The summed E-state index contributed by atoms with van der Waals surface area (Å²) in [5, 5.41) is 22.2. The number of fused-ring (bicyclic) bond motifs is 5. The van der Waals surface area contributed by atoms with Crippen molar-refractivity contribution in [2.45, 2.75) is 97.7 Å². The fraction of sp³-hybridized carbons (Fsp3) is 0.962. The van der Waals surface area contributed by atoms with Crippen LogP contribution in [0.25, 0.3) is 0 Å². The second-order valence-corrected chi connectivity index (χ2v) is 12.1. The highest BCUT2D eigenvalue weighted by Crippen LogP contribution is 2.69. The van der Waals surface area contributed by atoms with Gasteiger partial charge in [0.1, 0.15) is 0 Å². The molecule has 4 fully saturated rings. The number of hydrogen-bond acceptors (Lipinski definition) is 4. The predicted molar refractivity (Wildman–Crippen MR) is 121 cm³/mol. The topological polar surface area (TPSA) is 92.8 Å². The van der Waals surface area contributed by atoms with E-state index < -0.39 is 6.09 Å². The van der Waals surface area contributed by atoms with Gasteiger partial charge >= 0.3 is 6.09 Å². The molecule has 0 aromatic carbocycles. The number of amides is 1. The van der Waals surface area contributed by atoms with Crippen molar-refractivity contribution in [2.24, 2.45) is 58.0 Å². The number of carbonyl (C=O) groups is 1. The summed E-state index contributed by atoms with van der Waals surface area (Å²) in [7, 11) is 0. The van der Waals surface area contributed by atoms with E-state index in [0.717, 1.165) is 32.1 Å². The molecule has 11 atom stereocenters. The molecule has 178 valence electrons. The number of nitrogens with two attached hydrogens (primary N) is 1. The van der Waals surface area contributed by atoms with Crippen molar-refractivity contribution in [3.63, 3.8) is 0 Å². The van der Waals surface area contributed by atoms with Crippen molar-refractivity contribution in [2.75, 3.05) is 6.61 Å². The van der Waals surface area contributed by atoms with Crippen LogP contribution in [-0.2, 0) is 4.74 Å². The Labute approximate surface area is 188 Å². The summed E-state index contributed by atoms with van der Waals surface area (Å²) in [6.45, 7) is 9.93. The van der Waals surface area contributed by atoms with Gasteiger partial charge in [-0.05, 0) is 104 Å². The zero-order valence-corrected chi connectivity index (χ0v) is 20.1. The molecule has 4 aliphatic carbocycles. The van der Waals surface area contributed by atoms with E-state index in [1.54, 1.807) is 0 Å². The highest BCUT2D eigenvalue weighted by atomic mass is 16.5. The van der Waals surface area contributed by atoms with E-state index in [0.29, 0.717) is 48.0 Å². The highest BCUT2D eigenvalue weighted by molar-refractivity contribution is 5.64. The van der Waals surface area contributed by atoms with E-state index in [9.17, 15) is 15.0 Å². The molecular formula is C26H45NO4. The SMILES string of the molecule is CC[C@@H]1C2C[C@H](O)CC[C@@]2(C)[C@H]2CCC3(C)[C@@H]([C@H](C)CCOC(N)=O)CC[C@H]3C2[C@@H]1O. The Morgan fingerprint density at radius 3 is 2.42 bits per heavy atom. The molecule has 5 nitrogen and oxygen atoms in total. The van der Waals surface area contributed by atoms with Gasteiger partial charge in [-0.15, -0.1) is 0 Å².